The lowest BCUT2D eigenvalue weighted by molar-refractivity contribution is -0.148. The second-order valence-corrected chi connectivity index (χ2v) is 10.7. The number of benzene rings is 1. The molecule has 0 bridgehead atoms. The lowest BCUT2D eigenvalue weighted by atomic mass is 10.1. The Morgan fingerprint density at radius 1 is 0.769 bits per heavy atom. The van der Waals surface area contributed by atoms with Gasteiger partial charge in [-0.3, -0.25) is 4.79 Å². The Hall–Kier alpha value is -3.54. The maximum Gasteiger partial charge on any atom is 0.513 e. The molecule has 220 valence electrons. The first-order valence-electron chi connectivity index (χ1n) is 12.7. The van der Waals surface area contributed by atoms with Crippen molar-refractivity contribution in [3.63, 3.8) is 0 Å². The van der Waals surface area contributed by atoms with Crippen LogP contribution < -0.4 is 15.2 Å². The van der Waals surface area contributed by atoms with E-state index in [1.165, 1.54) is 19.1 Å². The predicted octanol–water partition coefficient (Wildman–Crippen LogP) is 4.78. The van der Waals surface area contributed by atoms with Crippen LogP contribution in [0.2, 0.25) is 0 Å². The van der Waals surface area contributed by atoms with Crippen LogP contribution in [0.4, 0.5) is 14.4 Å². The SMILES string of the molecule is CC(C)COC(=O)Oc1ccc(C[C@H](N)C(=O)OC[C@H](C)OC(=O)OC(C)(C)C)cc1OC(=O)OCC(C)C. The van der Waals surface area contributed by atoms with Crippen molar-refractivity contribution in [1.82, 2.24) is 0 Å². The molecule has 0 unspecified atom stereocenters. The largest absolute Gasteiger partial charge is 0.513 e. The molecular weight excluding hydrogens is 514 g/mol. The van der Waals surface area contributed by atoms with E-state index in [2.05, 4.69) is 0 Å². The molecule has 0 aliphatic heterocycles. The summed E-state index contributed by atoms with van der Waals surface area (Å²) in [6.07, 6.45) is -3.62. The zero-order chi connectivity index (χ0) is 29.8. The Morgan fingerprint density at radius 2 is 1.31 bits per heavy atom. The molecule has 0 aliphatic carbocycles. The number of hydrogen-bond acceptors (Lipinski definition) is 12. The molecule has 2 N–H and O–H groups in total. The average molecular weight is 556 g/mol. The first-order valence-corrected chi connectivity index (χ1v) is 12.7. The second kappa shape index (κ2) is 15.8. The van der Waals surface area contributed by atoms with Crippen LogP contribution in [-0.4, -0.2) is 62.0 Å². The zero-order valence-electron chi connectivity index (χ0n) is 23.9. The average Bonchev–Trinajstić information content (AvgIpc) is 2.80. The molecular formula is C27H41NO11. The Morgan fingerprint density at radius 3 is 1.82 bits per heavy atom. The van der Waals surface area contributed by atoms with E-state index in [4.69, 9.17) is 38.9 Å². The molecule has 0 radical (unpaired) electrons. The summed E-state index contributed by atoms with van der Waals surface area (Å²) in [5.41, 5.74) is 5.75. The molecule has 1 aromatic carbocycles. The van der Waals surface area contributed by atoms with Gasteiger partial charge in [0.2, 0.25) is 0 Å². The third-order valence-electron chi connectivity index (χ3n) is 4.37. The van der Waals surface area contributed by atoms with E-state index in [-0.39, 0.29) is 49.6 Å². The van der Waals surface area contributed by atoms with Crippen molar-refractivity contribution in [1.29, 1.82) is 0 Å². The number of hydrogen-bond donors (Lipinski definition) is 1. The molecule has 0 aliphatic rings. The third kappa shape index (κ3) is 14.8. The summed E-state index contributed by atoms with van der Waals surface area (Å²) in [7, 11) is 0. The number of carbonyl (C=O) groups excluding carboxylic acids is 4. The van der Waals surface area contributed by atoms with Crippen molar-refractivity contribution in [2.45, 2.75) is 79.6 Å². The van der Waals surface area contributed by atoms with E-state index < -0.39 is 42.2 Å². The molecule has 39 heavy (non-hydrogen) atoms. The molecule has 0 saturated heterocycles. The Bertz CT molecular complexity index is 969. The van der Waals surface area contributed by atoms with Gasteiger partial charge < -0.3 is 38.9 Å². The maximum absolute atomic E-state index is 12.4. The lowest BCUT2D eigenvalue weighted by Crippen LogP contribution is -2.36. The molecule has 12 heteroatoms. The fraction of sp³-hybridized carbons (Fsp3) is 0.630. The Kier molecular flexibility index (Phi) is 13.5. The van der Waals surface area contributed by atoms with Gasteiger partial charge in [-0.1, -0.05) is 33.8 Å². The van der Waals surface area contributed by atoms with Crippen LogP contribution in [0.25, 0.3) is 0 Å². The molecule has 0 aromatic heterocycles. The van der Waals surface area contributed by atoms with Gasteiger partial charge in [0.05, 0.1) is 13.2 Å². The van der Waals surface area contributed by atoms with E-state index in [1.807, 2.05) is 27.7 Å². The summed E-state index contributed by atoms with van der Waals surface area (Å²) in [6, 6.07) is 3.22. The van der Waals surface area contributed by atoms with E-state index in [0.29, 0.717) is 5.56 Å². The van der Waals surface area contributed by atoms with Gasteiger partial charge in [0.15, 0.2) is 11.5 Å². The van der Waals surface area contributed by atoms with Crippen LogP contribution in [0.3, 0.4) is 0 Å². The molecule has 1 aromatic rings. The molecule has 0 fully saturated rings. The molecule has 12 nitrogen and oxygen atoms in total. The van der Waals surface area contributed by atoms with Crippen molar-refractivity contribution in [2.24, 2.45) is 17.6 Å². The summed E-state index contributed by atoms with van der Waals surface area (Å²) in [5, 5.41) is 0. The fourth-order valence-corrected chi connectivity index (χ4v) is 2.67. The van der Waals surface area contributed by atoms with E-state index >= 15 is 0 Å². The molecule has 0 amide bonds. The van der Waals surface area contributed by atoms with Crippen LogP contribution in [0.15, 0.2) is 18.2 Å². The van der Waals surface area contributed by atoms with E-state index in [0.717, 1.165) is 0 Å². The van der Waals surface area contributed by atoms with Gasteiger partial charge in [-0.05, 0) is 63.6 Å². The van der Waals surface area contributed by atoms with Crippen LogP contribution in [0.1, 0.15) is 61.0 Å². The normalized spacial score (nSPS) is 12.8. The lowest BCUT2D eigenvalue weighted by Gasteiger charge is -2.21. The summed E-state index contributed by atoms with van der Waals surface area (Å²) >= 11 is 0. The van der Waals surface area contributed by atoms with Gasteiger partial charge in [-0.25, -0.2) is 14.4 Å². The number of rotatable bonds is 12. The molecule has 1 rings (SSSR count). The van der Waals surface area contributed by atoms with Crippen LogP contribution in [-0.2, 0) is 34.9 Å². The second-order valence-electron chi connectivity index (χ2n) is 10.7. The minimum absolute atomic E-state index is 0.00435. The van der Waals surface area contributed by atoms with Gasteiger partial charge in [-0.15, -0.1) is 0 Å². The molecule has 0 heterocycles. The first kappa shape index (κ1) is 33.5. The number of nitrogens with two attached hydrogens (primary N) is 1. The molecule has 2 atom stereocenters. The van der Waals surface area contributed by atoms with Crippen molar-refractivity contribution in [3.8, 4) is 11.5 Å². The monoisotopic (exact) mass is 555 g/mol. The highest BCUT2D eigenvalue weighted by Crippen LogP contribution is 2.30. The molecule has 0 saturated carbocycles. The van der Waals surface area contributed by atoms with Crippen LogP contribution in [0.5, 0.6) is 11.5 Å². The highest BCUT2D eigenvalue weighted by atomic mass is 16.8. The van der Waals surface area contributed by atoms with Gasteiger partial charge in [0.1, 0.15) is 24.4 Å². The van der Waals surface area contributed by atoms with Gasteiger partial charge in [0, 0.05) is 0 Å². The number of esters is 1. The van der Waals surface area contributed by atoms with Crippen LogP contribution >= 0.6 is 0 Å². The Labute approximate surface area is 229 Å². The van der Waals surface area contributed by atoms with Crippen LogP contribution in [0, 0.1) is 11.8 Å². The quantitative estimate of drug-likeness (QED) is 0.214. The topological polar surface area (TPSA) is 159 Å². The third-order valence-corrected chi connectivity index (χ3v) is 4.37. The van der Waals surface area contributed by atoms with Crippen molar-refractivity contribution in [3.05, 3.63) is 23.8 Å². The maximum atomic E-state index is 12.4. The number of ether oxygens (including phenoxy) is 7. The van der Waals surface area contributed by atoms with Gasteiger partial charge in [-0.2, -0.15) is 0 Å². The van der Waals surface area contributed by atoms with E-state index in [1.54, 1.807) is 26.8 Å². The summed E-state index contributed by atoms with van der Waals surface area (Å²) < 4.78 is 35.7. The minimum Gasteiger partial charge on any atom is -0.461 e. The van der Waals surface area contributed by atoms with Crippen molar-refractivity contribution >= 4 is 24.4 Å². The van der Waals surface area contributed by atoms with Gasteiger partial charge >= 0.3 is 24.4 Å². The minimum atomic E-state index is -1.10. The highest BCUT2D eigenvalue weighted by molar-refractivity contribution is 5.76. The summed E-state index contributed by atoms with van der Waals surface area (Å²) in [6.45, 7) is 14.1. The highest BCUT2D eigenvalue weighted by Gasteiger charge is 2.23. The smallest absolute Gasteiger partial charge is 0.461 e. The zero-order valence-corrected chi connectivity index (χ0v) is 23.9. The van der Waals surface area contributed by atoms with Crippen molar-refractivity contribution < 1.29 is 52.3 Å². The Balaban J connectivity index is 2.84. The fourth-order valence-electron chi connectivity index (χ4n) is 2.67. The number of carbonyl (C=O) groups is 4. The first-order chi connectivity index (χ1) is 18.1. The van der Waals surface area contributed by atoms with Gasteiger partial charge in [0.25, 0.3) is 0 Å². The summed E-state index contributed by atoms with van der Waals surface area (Å²) in [5.74, 6) is -0.784. The standard InChI is InChI=1S/C27H41NO11/c1-16(2)13-34-24(30)37-21-10-9-19(12-22(21)38-25(31)35-14-17(3)4)11-20(28)23(29)33-15-18(5)36-26(32)39-27(6,7)8/h9-10,12,16-18,20H,11,13-15,28H2,1-8H3/t18-,20-/m0/s1. The van der Waals surface area contributed by atoms with E-state index in [9.17, 15) is 19.2 Å². The summed E-state index contributed by atoms with van der Waals surface area (Å²) in [4.78, 5) is 48.3. The molecule has 0 spiro atoms. The predicted molar refractivity (Wildman–Crippen MR) is 139 cm³/mol. The van der Waals surface area contributed by atoms with Crippen molar-refractivity contribution in [2.75, 3.05) is 19.8 Å².